The lowest BCUT2D eigenvalue weighted by atomic mass is 10.0. The quantitative estimate of drug-likeness (QED) is 0.753. The highest BCUT2D eigenvalue weighted by molar-refractivity contribution is 6.31. The van der Waals surface area contributed by atoms with E-state index in [0.717, 1.165) is 5.56 Å². The van der Waals surface area contributed by atoms with Crippen LogP contribution in [0.15, 0.2) is 42.7 Å². The second-order valence-electron chi connectivity index (χ2n) is 3.65. The van der Waals surface area contributed by atoms with Gasteiger partial charge in [0.2, 0.25) is 0 Å². The molecule has 17 heavy (non-hydrogen) atoms. The van der Waals surface area contributed by atoms with Crippen molar-refractivity contribution in [2.75, 3.05) is 0 Å². The number of hydrogen-bond acceptors (Lipinski definition) is 1. The van der Waals surface area contributed by atoms with Crippen LogP contribution in [-0.4, -0.2) is 4.98 Å². The van der Waals surface area contributed by atoms with Gasteiger partial charge in [-0.15, -0.1) is 11.6 Å². The molecule has 0 bridgehead atoms. The van der Waals surface area contributed by atoms with Crippen LogP contribution in [0, 0.1) is 5.82 Å². The van der Waals surface area contributed by atoms with Gasteiger partial charge in [0.25, 0.3) is 0 Å². The van der Waals surface area contributed by atoms with Crippen LogP contribution in [0.2, 0.25) is 5.02 Å². The Kier molecular flexibility index (Phi) is 3.97. The van der Waals surface area contributed by atoms with E-state index in [0.29, 0.717) is 17.0 Å². The van der Waals surface area contributed by atoms with E-state index < -0.39 is 0 Å². The molecule has 88 valence electrons. The van der Waals surface area contributed by atoms with E-state index in [2.05, 4.69) is 4.98 Å². The Morgan fingerprint density at radius 2 is 1.88 bits per heavy atom. The standard InChI is InChI=1S/C13H10Cl2FN/c14-11-2-1-3-13(16)10(11)8-12(15)9-4-6-17-7-5-9/h1-7,12H,8H2. The maximum atomic E-state index is 13.6. The summed E-state index contributed by atoms with van der Waals surface area (Å²) in [5.74, 6) is -0.322. The Hall–Kier alpha value is -1.12. The second kappa shape index (κ2) is 5.48. The summed E-state index contributed by atoms with van der Waals surface area (Å²) in [5, 5.41) is 0.0945. The Labute approximate surface area is 109 Å². The lowest BCUT2D eigenvalue weighted by molar-refractivity contribution is 0.607. The molecule has 0 N–H and O–H groups in total. The van der Waals surface area contributed by atoms with Crippen LogP contribution in [-0.2, 0) is 6.42 Å². The molecular formula is C13H10Cl2FN. The number of pyridine rings is 1. The molecule has 4 heteroatoms. The average Bonchev–Trinajstić information content (AvgIpc) is 2.35. The van der Waals surface area contributed by atoms with E-state index in [1.54, 1.807) is 24.5 Å². The number of hydrogen-bond donors (Lipinski definition) is 0. The summed E-state index contributed by atoms with van der Waals surface area (Å²) in [4.78, 5) is 3.91. The molecule has 1 atom stereocenters. The van der Waals surface area contributed by atoms with Gasteiger partial charge < -0.3 is 0 Å². The molecule has 0 aliphatic carbocycles. The molecule has 1 aromatic heterocycles. The summed E-state index contributed by atoms with van der Waals surface area (Å²) in [6.07, 6.45) is 3.68. The summed E-state index contributed by atoms with van der Waals surface area (Å²) in [5.41, 5.74) is 1.35. The zero-order valence-corrected chi connectivity index (χ0v) is 10.4. The molecule has 2 rings (SSSR count). The fraction of sp³-hybridized carbons (Fsp3) is 0.154. The van der Waals surface area contributed by atoms with Gasteiger partial charge in [-0.05, 0) is 36.2 Å². The highest BCUT2D eigenvalue weighted by Gasteiger charge is 2.14. The van der Waals surface area contributed by atoms with Crippen LogP contribution in [0.4, 0.5) is 4.39 Å². The van der Waals surface area contributed by atoms with Gasteiger partial charge in [-0.1, -0.05) is 17.7 Å². The third-order valence-electron chi connectivity index (χ3n) is 2.51. The molecule has 0 amide bonds. The van der Waals surface area contributed by atoms with E-state index in [1.807, 2.05) is 12.1 Å². The summed E-state index contributed by atoms with van der Waals surface area (Å²) >= 11 is 12.2. The van der Waals surface area contributed by atoms with E-state index in [1.165, 1.54) is 6.07 Å². The van der Waals surface area contributed by atoms with Gasteiger partial charge in [0.1, 0.15) is 5.82 Å². The summed E-state index contributed by atoms with van der Waals surface area (Å²) < 4.78 is 13.6. The monoisotopic (exact) mass is 269 g/mol. The average molecular weight is 270 g/mol. The zero-order valence-electron chi connectivity index (χ0n) is 8.91. The first-order chi connectivity index (χ1) is 8.18. The molecule has 0 saturated carbocycles. The van der Waals surface area contributed by atoms with E-state index in [9.17, 15) is 4.39 Å². The first-order valence-corrected chi connectivity index (χ1v) is 5.97. The maximum absolute atomic E-state index is 13.6. The molecule has 1 heterocycles. The van der Waals surface area contributed by atoms with Crippen LogP contribution in [0.1, 0.15) is 16.5 Å². The molecule has 0 aliphatic heterocycles. The number of nitrogens with zero attached hydrogens (tertiary/aromatic N) is 1. The Bertz CT molecular complexity index is 482. The van der Waals surface area contributed by atoms with Gasteiger partial charge in [0.15, 0.2) is 0 Å². The molecule has 1 aromatic carbocycles. The minimum Gasteiger partial charge on any atom is -0.265 e. The molecule has 1 unspecified atom stereocenters. The van der Waals surface area contributed by atoms with Crippen LogP contribution < -0.4 is 0 Å². The highest BCUT2D eigenvalue weighted by Crippen LogP contribution is 2.29. The number of aromatic nitrogens is 1. The van der Waals surface area contributed by atoms with Crippen LogP contribution in [0.5, 0.6) is 0 Å². The van der Waals surface area contributed by atoms with Crippen molar-refractivity contribution < 1.29 is 4.39 Å². The maximum Gasteiger partial charge on any atom is 0.127 e. The van der Waals surface area contributed by atoms with Gasteiger partial charge in [0.05, 0.1) is 5.38 Å². The fourth-order valence-corrected chi connectivity index (χ4v) is 2.14. The van der Waals surface area contributed by atoms with Gasteiger partial charge in [-0.25, -0.2) is 4.39 Å². The van der Waals surface area contributed by atoms with Crippen LogP contribution in [0.3, 0.4) is 0 Å². The molecule has 0 saturated heterocycles. The normalized spacial score (nSPS) is 12.4. The van der Waals surface area contributed by atoms with Crippen molar-refractivity contribution in [2.24, 2.45) is 0 Å². The van der Waals surface area contributed by atoms with Crippen molar-refractivity contribution in [3.63, 3.8) is 0 Å². The van der Waals surface area contributed by atoms with E-state index in [-0.39, 0.29) is 11.2 Å². The molecule has 0 aliphatic rings. The van der Waals surface area contributed by atoms with Crippen molar-refractivity contribution in [2.45, 2.75) is 11.8 Å². The second-order valence-corrected chi connectivity index (χ2v) is 4.59. The molecule has 0 spiro atoms. The minimum atomic E-state index is -0.322. The van der Waals surface area contributed by atoms with Gasteiger partial charge >= 0.3 is 0 Å². The minimum absolute atomic E-state index is 0.313. The van der Waals surface area contributed by atoms with Crippen molar-refractivity contribution in [3.8, 4) is 0 Å². The number of rotatable bonds is 3. The van der Waals surface area contributed by atoms with Gasteiger partial charge in [0, 0.05) is 23.0 Å². The molecular weight excluding hydrogens is 260 g/mol. The van der Waals surface area contributed by atoms with Crippen LogP contribution >= 0.6 is 23.2 Å². The Balaban J connectivity index is 2.22. The molecule has 1 nitrogen and oxygen atoms in total. The van der Waals surface area contributed by atoms with Gasteiger partial charge in [-0.3, -0.25) is 4.98 Å². The predicted molar refractivity (Wildman–Crippen MR) is 67.9 cm³/mol. The third-order valence-corrected chi connectivity index (χ3v) is 3.27. The largest absolute Gasteiger partial charge is 0.265 e. The van der Waals surface area contributed by atoms with Crippen molar-refractivity contribution in [3.05, 3.63) is 64.7 Å². The summed E-state index contributed by atoms with van der Waals surface area (Å²) in [6.45, 7) is 0. The first kappa shape index (κ1) is 12.3. The van der Waals surface area contributed by atoms with Crippen LogP contribution in [0.25, 0.3) is 0 Å². The summed E-state index contributed by atoms with van der Waals surface area (Å²) in [7, 11) is 0. The Morgan fingerprint density at radius 1 is 1.18 bits per heavy atom. The lowest BCUT2D eigenvalue weighted by Crippen LogP contribution is -1.99. The Morgan fingerprint density at radius 3 is 2.53 bits per heavy atom. The van der Waals surface area contributed by atoms with Crippen molar-refractivity contribution in [1.82, 2.24) is 4.98 Å². The topological polar surface area (TPSA) is 12.9 Å². The number of halogens is 3. The van der Waals surface area contributed by atoms with E-state index >= 15 is 0 Å². The number of alkyl halides is 1. The molecule has 0 fully saturated rings. The zero-order chi connectivity index (χ0) is 12.3. The smallest absolute Gasteiger partial charge is 0.127 e. The molecule has 0 radical (unpaired) electrons. The fourth-order valence-electron chi connectivity index (χ4n) is 1.60. The molecule has 2 aromatic rings. The van der Waals surface area contributed by atoms with E-state index in [4.69, 9.17) is 23.2 Å². The van der Waals surface area contributed by atoms with Crippen molar-refractivity contribution in [1.29, 1.82) is 0 Å². The lowest BCUT2D eigenvalue weighted by Gasteiger charge is -2.11. The highest BCUT2D eigenvalue weighted by atomic mass is 35.5. The summed E-state index contributed by atoms with van der Waals surface area (Å²) in [6, 6.07) is 8.25. The third kappa shape index (κ3) is 2.96. The first-order valence-electron chi connectivity index (χ1n) is 5.15. The predicted octanol–water partition coefficient (Wildman–Crippen LogP) is 4.40. The van der Waals surface area contributed by atoms with Gasteiger partial charge in [-0.2, -0.15) is 0 Å². The SMILES string of the molecule is Fc1cccc(Cl)c1CC(Cl)c1ccncc1. The number of benzene rings is 1. The van der Waals surface area contributed by atoms with Crippen molar-refractivity contribution >= 4 is 23.2 Å².